The summed E-state index contributed by atoms with van der Waals surface area (Å²) >= 11 is 6.36. The van der Waals surface area contributed by atoms with Gasteiger partial charge in [0, 0.05) is 35.9 Å². The van der Waals surface area contributed by atoms with Gasteiger partial charge in [-0.05, 0) is 31.5 Å². The fourth-order valence-electron chi connectivity index (χ4n) is 2.75. The first-order valence-electron chi connectivity index (χ1n) is 7.71. The number of aliphatic hydroxyl groups is 1. The van der Waals surface area contributed by atoms with Gasteiger partial charge in [0.1, 0.15) is 0 Å². The Bertz CT molecular complexity index is 434. The molecule has 21 heavy (non-hydrogen) atoms. The molecule has 0 saturated carbocycles. The number of halogens is 1. The van der Waals surface area contributed by atoms with Crippen molar-refractivity contribution in [3.05, 3.63) is 28.8 Å². The maximum Gasteiger partial charge on any atom is 0.0701 e. The highest BCUT2D eigenvalue weighted by Gasteiger charge is 2.22. The molecule has 1 aromatic rings. The number of anilines is 1. The zero-order chi connectivity index (χ0) is 15.1. The van der Waals surface area contributed by atoms with Crippen molar-refractivity contribution in [3.63, 3.8) is 0 Å². The highest BCUT2D eigenvalue weighted by molar-refractivity contribution is 6.31. The van der Waals surface area contributed by atoms with Crippen LogP contribution in [0.1, 0.15) is 25.3 Å². The molecule has 2 N–H and O–H groups in total. The maximum atomic E-state index is 8.82. The smallest absolute Gasteiger partial charge is 0.0701 e. The minimum absolute atomic E-state index is 0.0986. The molecule has 1 aromatic carbocycles. The Morgan fingerprint density at radius 3 is 2.81 bits per heavy atom. The molecular formula is C16H25ClN2O2. The summed E-state index contributed by atoms with van der Waals surface area (Å²) in [6.07, 6.45) is 2.25. The molecule has 0 spiro atoms. The van der Waals surface area contributed by atoms with Crippen molar-refractivity contribution >= 4 is 17.3 Å². The molecule has 4 nitrogen and oxygen atoms in total. The highest BCUT2D eigenvalue weighted by atomic mass is 35.5. The van der Waals surface area contributed by atoms with E-state index in [1.807, 2.05) is 12.1 Å². The molecular weight excluding hydrogens is 288 g/mol. The van der Waals surface area contributed by atoms with Crippen LogP contribution >= 0.6 is 11.6 Å². The molecule has 2 rings (SSSR count). The minimum atomic E-state index is 0.0986. The quantitative estimate of drug-likeness (QED) is 0.811. The number of nitrogens with one attached hydrogen (secondary N) is 1. The first-order valence-corrected chi connectivity index (χ1v) is 8.09. The van der Waals surface area contributed by atoms with Gasteiger partial charge in [-0.25, -0.2) is 0 Å². The van der Waals surface area contributed by atoms with Crippen LogP contribution in [0.5, 0.6) is 0 Å². The Morgan fingerprint density at radius 1 is 1.38 bits per heavy atom. The van der Waals surface area contributed by atoms with E-state index >= 15 is 0 Å². The average molecular weight is 313 g/mol. The zero-order valence-corrected chi connectivity index (χ0v) is 13.4. The maximum absolute atomic E-state index is 8.82. The van der Waals surface area contributed by atoms with Crippen molar-refractivity contribution in [2.24, 2.45) is 0 Å². The molecule has 1 fully saturated rings. The second-order valence-electron chi connectivity index (χ2n) is 5.30. The number of hydrogen-bond acceptors (Lipinski definition) is 4. The van der Waals surface area contributed by atoms with Gasteiger partial charge in [0.2, 0.25) is 0 Å². The molecule has 0 amide bonds. The summed E-state index contributed by atoms with van der Waals surface area (Å²) in [7, 11) is 0. The van der Waals surface area contributed by atoms with Crippen molar-refractivity contribution in [3.8, 4) is 0 Å². The summed E-state index contributed by atoms with van der Waals surface area (Å²) in [5.41, 5.74) is 2.40. The van der Waals surface area contributed by atoms with Gasteiger partial charge in [-0.1, -0.05) is 24.6 Å². The molecule has 118 valence electrons. The predicted molar refractivity (Wildman–Crippen MR) is 87.1 cm³/mol. The number of benzene rings is 1. The van der Waals surface area contributed by atoms with Crippen molar-refractivity contribution in [2.45, 2.75) is 32.4 Å². The van der Waals surface area contributed by atoms with Crippen LogP contribution in [0.3, 0.4) is 0 Å². The Balaban J connectivity index is 2.01. The number of aliphatic hydroxyl groups excluding tert-OH is 1. The van der Waals surface area contributed by atoms with Crippen LogP contribution in [-0.4, -0.2) is 44.1 Å². The van der Waals surface area contributed by atoms with Gasteiger partial charge in [-0.15, -0.1) is 0 Å². The molecule has 0 radical (unpaired) electrons. The standard InChI is InChI=1S/C16H25ClN2O2/c1-2-18-12-14-15(17)4-3-5-16(14)19-8-6-13(7-9-19)21-11-10-20/h3-5,13,18,20H,2,6-12H2,1H3. The molecule has 5 heteroatoms. The number of nitrogens with zero attached hydrogens (tertiary/aromatic N) is 1. The van der Waals surface area contributed by atoms with E-state index in [0.717, 1.165) is 44.0 Å². The molecule has 0 aliphatic carbocycles. The van der Waals surface area contributed by atoms with Gasteiger partial charge < -0.3 is 20.1 Å². The Kier molecular flexibility index (Phi) is 6.77. The van der Waals surface area contributed by atoms with E-state index in [2.05, 4.69) is 23.2 Å². The average Bonchev–Trinajstić information content (AvgIpc) is 2.52. The van der Waals surface area contributed by atoms with E-state index in [1.54, 1.807) is 0 Å². The fraction of sp³-hybridized carbons (Fsp3) is 0.625. The summed E-state index contributed by atoms with van der Waals surface area (Å²) in [6, 6.07) is 6.11. The van der Waals surface area contributed by atoms with Crippen LogP contribution in [0.2, 0.25) is 5.02 Å². The van der Waals surface area contributed by atoms with E-state index in [-0.39, 0.29) is 12.7 Å². The van der Waals surface area contributed by atoms with Crippen molar-refractivity contribution in [2.75, 3.05) is 37.7 Å². The van der Waals surface area contributed by atoms with E-state index in [1.165, 1.54) is 11.3 Å². The third-order valence-corrected chi connectivity index (χ3v) is 4.23. The van der Waals surface area contributed by atoms with Crippen molar-refractivity contribution in [1.29, 1.82) is 0 Å². The van der Waals surface area contributed by atoms with Crippen LogP contribution in [0.4, 0.5) is 5.69 Å². The van der Waals surface area contributed by atoms with Crippen LogP contribution in [0.15, 0.2) is 18.2 Å². The third-order valence-electron chi connectivity index (χ3n) is 3.87. The normalized spacial score (nSPS) is 16.4. The van der Waals surface area contributed by atoms with Crippen molar-refractivity contribution in [1.82, 2.24) is 5.32 Å². The molecule has 1 aliphatic rings. The number of rotatable bonds is 7. The topological polar surface area (TPSA) is 44.7 Å². The lowest BCUT2D eigenvalue weighted by atomic mass is 10.0. The summed E-state index contributed by atoms with van der Waals surface area (Å²) in [5, 5.41) is 13.0. The first kappa shape index (κ1) is 16.6. The second-order valence-corrected chi connectivity index (χ2v) is 5.71. The highest BCUT2D eigenvalue weighted by Crippen LogP contribution is 2.30. The lowest BCUT2D eigenvalue weighted by molar-refractivity contribution is 0.0159. The predicted octanol–water partition coefficient (Wildman–Crippen LogP) is 2.43. The molecule has 0 aromatic heterocycles. The number of hydrogen-bond donors (Lipinski definition) is 2. The molecule has 1 saturated heterocycles. The lowest BCUT2D eigenvalue weighted by Gasteiger charge is -2.35. The summed E-state index contributed by atoms with van der Waals surface area (Å²) in [5.74, 6) is 0. The van der Waals surface area contributed by atoms with E-state index < -0.39 is 0 Å². The first-order chi connectivity index (χ1) is 10.3. The Hall–Kier alpha value is -0.810. The monoisotopic (exact) mass is 312 g/mol. The zero-order valence-electron chi connectivity index (χ0n) is 12.6. The van der Waals surface area contributed by atoms with Gasteiger partial charge >= 0.3 is 0 Å². The molecule has 1 aliphatic heterocycles. The Labute approximate surface area is 132 Å². The van der Waals surface area contributed by atoms with Gasteiger partial charge in [0.25, 0.3) is 0 Å². The van der Waals surface area contributed by atoms with Gasteiger partial charge in [0.05, 0.1) is 19.3 Å². The van der Waals surface area contributed by atoms with E-state index in [4.69, 9.17) is 21.4 Å². The van der Waals surface area contributed by atoms with Crippen LogP contribution in [0, 0.1) is 0 Å². The third kappa shape index (κ3) is 4.58. The SMILES string of the molecule is CCNCc1c(Cl)cccc1N1CCC(OCCO)CC1. The fourth-order valence-corrected chi connectivity index (χ4v) is 2.99. The van der Waals surface area contributed by atoms with Gasteiger partial charge in [-0.3, -0.25) is 0 Å². The molecule has 1 heterocycles. The summed E-state index contributed by atoms with van der Waals surface area (Å²) in [4.78, 5) is 2.39. The van der Waals surface area contributed by atoms with Crippen LogP contribution in [-0.2, 0) is 11.3 Å². The van der Waals surface area contributed by atoms with E-state index in [9.17, 15) is 0 Å². The number of piperidine rings is 1. The van der Waals surface area contributed by atoms with Crippen LogP contribution in [0.25, 0.3) is 0 Å². The molecule has 0 bridgehead atoms. The lowest BCUT2D eigenvalue weighted by Crippen LogP contribution is -2.38. The van der Waals surface area contributed by atoms with E-state index in [0.29, 0.717) is 6.61 Å². The molecule has 0 unspecified atom stereocenters. The molecule has 0 atom stereocenters. The summed E-state index contributed by atoms with van der Waals surface area (Å²) in [6.45, 7) is 6.30. The van der Waals surface area contributed by atoms with Crippen molar-refractivity contribution < 1.29 is 9.84 Å². The van der Waals surface area contributed by atoms with Crippen LogP contribution < -0.4 is 10.2 Å². The largest absolute Gasteiger partial charge is 0.394 e. The summed E-state index contributed by atoms with van der Waals surface area (Å²) < 4.78 is 5.62. The Morgan fingerprint density at radius 2 is 2.14 bits per heavy atom. The van der Waals surface area contributed by atoms with Gasteiger partial charge in [-0.2, -0.15) is 0 Å². The second kappa shape index (κ2) is 8.59. The van der Waals surface area contributed by atoms with Gasteiger partial charge in [0.15, 0.2) is 0 Å². The minimum Gasteiger partial charge on any atom is -0.394 e. The number of ether oxygens (including phenoxy) is 1.